The van der Waals surface area contributed by atoms with Crippen LogP contribution in [-0.4, -0.2) is 15.3 Å². The van der Waals surface area contributed by atoms with E-state index in [0.717, 1.165) is 12.0 Å². The number of phenolic OH excluding ortho intramolecular Hbond substituents is 1. The van der Waals surface area contributed by atoms with Gasteiger partial charge in [0.25, 0.3) is 5.91 Å². The summed E-state index contributed by atoms with van der Waals surface area (Å²) in [5.41, 5.74) is 2.81. The zero-order valence-corrected chi connectivity index (χ0v) is 14.2. The molecule has 1 amide bonds. The van der Waals surface area contributed by atoms with E-state index in [2.05, 4.69) is 19.1 Å². The molecule has 5 heteroatoms. The summed E-state index contributed by atoms with van der Waals surface area (Å²) in [5, 5.41) is 9.59. The Labute approximate surface area is 144 Å². The fourth-order valence-corrected chi connectivity index (χ4v) is 3.62. The van der Waals surface area contributed by atoms with Crippen molar-refractivity contribution >= 4 is 46.0 Å². The fourth-order valence-electron chi connectivity index (χ4n) is 2.32. The van der Waals surface area contributed by atoms with Gasteiger partial charge in [-0.15, -0.1) is 0 Å². The molecule has 1 N–H and O–H groups in total. The second-order valence-corrected chi connectivity index (χ2v) is 6.81. The number of anilines is 1. The van der Waals surface area contributed by atoms with Crippen molar-refractivity contribution in [2.45, 2.75) is 13.3 Å². The maximum atomic E-state index is 12.6. The Hall–Kier alpha value is -2.11. The molecule has 0 spiro atoms. The van der Waals surface area contributed by atoms with Crippen molar-refractivity contribution in [2.75, 3.05) is 4.90 Å². The molecule has 0 aliphatic carbocycles. The number of aryl methyl sites for hydroxylation is 1. The van der Waals surface area contributed by atoms with Crippen LogP contribution >= 0.6 is 24.0 Å². The largest absolute Gasteiger partial charge is 0.508 e. The van der Waals surface area contributed by atoms with Gasteiger partial charge in [-0.05, 0) is 35.8 Å². The van der Waals surface area contributed by atoms with Crippen LogP contribution in [0.15, 0.2) is 53.4 Å². The van der Waals surface area contributed by atoms with Gasteiger partial charge >= 0.3 is 0 Å². The van der Waals surface area contributed by atoms with Crippen molar-refractivity contribution in [3.8, 4) is 5.75 Å². The van der Waals surface area contributed by atoms with E-state index in [4.69, 9.17) is 12.2 Å². The minimum absolute atomic E-state index is 0.107. The van der Waals surface area contributed by atoms with Crippen molar-refractivity contribution in [1.82, 2.24) is 0 Å². The molecule has 2 aromatic rings. The Bertz CT molecular complexity index is 797. The van der Waals surface area contributed by atoms with Crippen molar-refractivity contribution in [3.05, 3.63) is 64.6 Å². The van der Waals surface area contributed by atoms with Gasteiger partial charge in [0.2, 0.25) is 0 Å². The molecule has 0 saturated carbocycles. The summed E-state index contributed by atoms with van der Waals surface area (Å²) in [5.74, 6) is -0.0548. The van der Waals surface area contributed by atoms with Crippen molar-refractivity contribution < 1.29 is 9.90 Å². The molecule has 1 saturated heterocycles. The zero-order valence-electron chi connectivity index (χ0n) is 12.5. The van der Waals surface area contributed by atoms with Gasteiger partial charge in [-0.25, -0.2) is 0 Å². The molecule has 1 heterocycles. The van der Waals surface area contributed by atoms with Crippen LogP contribution in [0.5, 0.6) is 5.75 Å². The van der Waals surface area contributed by atoms with Crippen molar-refractivity contribution in [1.29, 1.82) is 0 Å². The second-order valence-electron chi connectivity index (χ2n) is 5.13. The first-order valence-electron chi connectivity index (χ1n) is 7.24. The quantitative estimate of drug-likeness (QED) is 0.665. The molecule has 3 nitrogen and oxygen atoms in total. The van der Waals surface area contributed by atoms with Gasteiger partial charge in [0.15, 0.2) is 4.32 Å². The third-order valence-electron chi connectivity index (χ3n) is 3.57. The Morgan fingerprint density at radius 1 is 1.22 bits per heavy atom. The molecule has 0 bridgehead atoms. The number of rotatable bonds is 3. The van der Waals surface area contributed by atoms with Gasteiger partial charge in [-0.2, -0.15) is 0 Å². The number of phenols is 1. The number of benzene rings is 2. The second kappa shape index (κ2) is 6.56. The van der Waals surface area contributed by atoms with Gasteiger partial charge in [0.1, 0.15) is 5.75 Å². The number of aromatic hydroxyl groups is 1. The normalized spacial score (nSPS) is 16.4. The van der Waals surface area contributed by atoms with Crippen LogP contribution in [0.1, 0.15) is 18.1 Å². The van der Waals surface area contributed by atoms with Crippen LogP contribution in [0.2, 0.25) is 0 Å². The maximum Gasteiger partial charge on any atom is 0.270 e. The summed E-state index contributed by atoms with van der Waals surface area (Å²) in [6, 6.07) is 14.7. The van der Waals surface area contributed by atoms with E-state index in [1.807, 2.05) is 18.2 Å². The van der Waals surface area contributed by atoms with Crippen LogP contribution in [-0.2, 0) is 11.2 Å². The van der Waals surface area contributed by atoms with Crippen LogP contribution in [0, 0.1) is 0 Å². The Kier molecular flexibility index (Phi) is 4.50. The van der Waals surface area contributed by atoms with E-state index in [-0.39, 0.29) is 11.7 Å². The topological polar surface area (TPSA) is 40.5 Å². The highest BCUT2D eigenvalue weighted by molar-refractivity contribution is 8.27. The van der Waals surface area contributed by atoms with Gasteiger partial charge < -0.3 is 5.11 Å². The molecule has 0 radical (unpaired) electrons. The summed E-state index contributed by atoms with van der Waals surface area (Å²) < 4.78 is 0.469. The number of carbonyl (C=O) groups excluding carboxylic acids is 1. The maximum absolute atomic E-state index is 12.6. The minimum atomic E-state index is -0.162. The molecule has 3 rings (SSSR count). The summed E-state index contributed by atoms with van der Waals surface area (Å²) in [4.78, 5) is 14.7. The molecule has 0 aromatic heterocycles. The molecule has 2 aromatic carbocycles. The number of nitrogens with zero attached hydrogens (tertiary/aromatic N) is 1. The van der Waals surface area contributed by atoms with Crippen LogP contribution in [0.4, 0.5) is 5.69 Å². The first kappa shape index (κ1) is 15.8. The molecule has 1 aliphatic heterocycles. The van der Waals surface area contributed by atoms with E-state index in [9.17, 15) is 9.90 Å². The van der Waals surface area contributed by atoms with E-state index < -0.39 is 0 Å². The first-order chi connectivity index (χ1) is 11.1. The van der Waals surface area contributed by atoms with E-state index in [1.54, 1.807) is 18.2 Å². The molecule has 23 heavy (non-hydrogen) atoms. The standard InChI is InChI=1S/C18H15NO2S2/c1-2-12-6-8-13(9-7-12)10-16-17(21)19(18(22)23-16)14-4-3-5-15(20)11-14/h3-11,20H,2H2,1H3/b16-10-. The molecule has 1 aliphatic rings. The third kappa shape index (κ3) is 3.30. The Balaban J connectivity index is 1.89. The molecule has 0 atom stereocenters. The van der Waals surface area contributed by atoms with Gasteiger partial charge in [-0.1, -0.05) is 61.2 Å². The lowest BCUT2D eigenvalue weighted by molar-refractivity contribution is -0.113. The van der Waals surface area contributed by atoms with Crippen molar-refractivity contribution in [2.24, 2.45) is 0 Å². The zero-order chi connectivity index (χ0) is 16.4. The summed E-state index contributed by atoms with van der Waals surface area (Å²) in [7, 11) is 0. The average molecular weight is 341 g/mol. The highest BCUT2D eigenvalue weighted by Crippen LogP contribution is 2.36. The number of thiocarbonyl (C=S) groups is 1. The van der Waals surface area contributed by atoms with Crippen LogP contribution in [0.3, 0.4) is 0 Å². The monoisotopic (exact) mass is 341 g/mol. The summed E-state index contributed by atoms with van der Waals surface area (Å²) in [6.45, 7) is 2.11. The summed E-state index contributed by atoms with van der Waals surface area (Å²) in [6.07, 6.45) is 2.83. The highest BCUT2D eigenvalue weighted by Gasteiger charge is 2.33. The van der Waals surface area contributed by atoms with Crippen molar-refractivity contribution in [3.63, 3.8) is 0 Å². The van der Waals surface area contributed by atoms with Crippen LogP contribution in [0.25, 0.3) is 6.08 Å². The van der Waals surface area contributed by atoms with Gasteiger partial charge in [-0.3, -0.25) is 9.69 Å². The predicted octanol–water partition coefficient (Wildman–Crippen LogP) is 4.36. The Morgan fingerprint density at radius 3 is 2.61 bits per heavy atom. The first-order valence-corrected chi connectivity index (χ1v) is 8.47. The SMILES string of the molecule is CCc1ccc(/C=C2\SC(=S)N(c3cccc(O)c3)C2=O)cc1. The fraction of sp³-hybridized carbons (Fsp3) is 0.111. The number of thioether (sulfide) groups is 1. The molecule has 1 fully saturated rings. The number of hydrogen-bond donors (Lipinski definition) is 1. The molecule has 116 valence electrons. The average Bonchev–Trinajstić information content (AvgIpc) is 2.82. The van der Waals surface area contributed by atoms with E-state index in [1.165, 1.54) is 28.3 Å². The third-order valence-corrected chi connectivity index (χ3v) is 4.87. The number of amides is 1. The van der Waals surface area contributed by atoms with E-state index >= 15 is 0 Å². The lowest BCUT2D eigenvalue weighted by Crippen LogP contribution is -2.27. The number of carbonyl (C=O) groups is 1. The predicted molar refractivity (Wildman–Crippen MR) is 99.6 cm³/mol. The highest BCUT2D eigenvalue weighted by atomic mass is 32.2. The molecular formula is C18H15NO2S2. The minimum Gasteiger partial charge on any atom is -0.508 e. The summed E-state index contributed by atoms with van der Waals surface area (Å²) >= 11 is 6.60. The lowest BCUT2D eigenvalue weighted by Gasteiger charge is -2.14. The molecular weight excluding hydrogens is 326 g/mol. The number of hydrogen-bond acceptors (Lipinski definition) is 4. The Morgan fingerprint density at radius 2 is 1.96 bits per heavy atom. The lowest BCUT2D eigenvalue weighted by atomic mass is 10.1. The van der Waals surface area contributed by atoms with Gasteiger partial charge in [0, 0.05) is 6.07 Å². The smallest absolute Gasteiger partial charge is 0.270 e. The van der Waals surface area contributed by atoms with Gasteiger partial charge in [0.05, 0.1) is 10.6 Å². The molecule has 0 unspecified atom stereocenters. The van der Waals surface area contributed by atoms with E-state index in [0.29, 0.717) is 14.9 Å². The van der Waals surface area contributed by atoms with Crippen LogP contribution < -0.4 is 4.90 Å².